The van der Waals surface area contributed by atoms with Gasteiger partial charge in [-0.15, -0.1) is 0 Å². The number of benzene rings is 20. The summed E-state index contributed by atoms with van der Waals surface area (Å²) in [6, 6.07) is 173. The lowest BCUT2D eigenvalue weighted by molar-refractivity contribution is 0.454. The van der Waals surface area contributed by atoms with Gasteiger partial charge in [0, 0.05) is 49.4 Å². The van der Waals surface area contributed by atoms with Gasteiger partial charge in [0.15, 0.2) is 0 Å². The summed E-state index contributed by atoms with van der Waals surface area (Å²) < 4.78 is 18.7. The number of fused-ring (bicyclic) bond motifs is 12. The molecule has 140 heavy (non-hydrogen) atoms. The quantitative estimate of drug-likeness (QED) is 0.0724. The van der Waals surface area contributed by atoms with Crippen LogP contribution < -0.4 is 23.9 Å². The maximum atomic E-state index is 9.03. The summed E-state index contributed by atoms with van der Waals surface area (Å²) in [4.78, 5) is 4.67. The van der Waals surface area contributed by atoms with E-state index in [1.165, 1.54) is 139 Å². The molecular formula is C132H99BBrN2O4. The summed E-state index contributed by atoms with van der Waals surface area (Å²) in [6.45, 7) is 17.0. The molecule has 6 nitrogen and oxygen atoms in total. The first kappa shape index (κ1) is 88.6. The highest BCUT2D eigenvalue weighted by Gasteiger charge is 2.49. The van der Waals surface area contributed by atoms with Gasteiger partial charge in [-0.3, -0.25) is 0 Å². The summed E-state index contributed by atoms with van der Waals surface area (Å²) in [5, 5.41) is 9.03. The molecule has 4 aliphatic rings. The molecular weight excluding hydrogens is 1770 g/mol. The molecule has 1 radical (unpaired) electrons. The molecule has 0 spiro atoms. The first-order chi connectivity index (χ1) is 68.6. The van der Waals surface area contributed by atoms with Gasteiger partial charge in [0.25, 0.3) is 0 Å². The third-order valence-electron chi connectivity index (χ3n) is 28.6. The number of hydrogen-bond acceptors (Lipinski definition) is 6. The third kappa shape index (κ3) is 16.1. The molecule has 0 bridgehead atoms. The molecule has 671 valence electrons. The molecule has 2 atom stereocenters. The maximum Gasteiger partial charge on any atom is 0.569 e. The molecule has 4 aliphatic carbocycles. The summed E-state index contributed by atoms with van der Waals surface area (Å²) in [7, 11) is 0.704. The van der Waals surface area contributed by atoms with Gasteiger partial charge in [-0.25, -0.2) is 0 Å². The lowest BCUT2D eigenvalue weighted by atomic mass is 9.67. The van der Waals surface area contributed by atoms with Crippen molar-refractivity contribution in [3.05, 3.63) is 581 Å². The molecule has 20 aromatic carbocycles. The topological polar surface area (TPSA) is 54.4 Å². The van der Waals surface area contributed by atoms with Crippen LogP contribution in [0, 0.1) is 0 Å². The SMILES string of the molecule is C=Cc1ccc(Oc2ccc(C3(c4ccccc4)c4ccccc4-c4ccc(-c5ccc(N(c6ccc(-c7ccccc7)cc6)c6ccc7c(c6)C(C)(C)c6ccccc6-7)cc5)cc43)cc2)cc1.C=Cc1ccc(Oc2ccc(C3(c4ccccc4)c4ccccc4-c4ccc(Br)cc43)cc2)cc1.CC1(C)c2ccccc2-c2ccc(N(c3ccc(O[B]O)cc3)c3ccc(-c4ccccc4)cc3)cc21. The van der Waals surface area contributed by atoms with Gasteiger partial charge in [-0.1, -0.05) is 403 Å². The second-order valence-corrected chi connectivity index (χ2v) is 38.0. The van der Waals surface area contributed by atoms with E-state index in [2.05, 4.69) is 473 Å². The van der Waals surface area contributed by atoms with Crippen LogP contribution >= 0.6 is 15.9 Å². The average molecular weight is 1870 g/mol. The van der Waals surface area contributed by atoms with Crippen molar-refractivity contribution in [2.24, 2.45) is 0 Å². The van der Waals surface area contributed by atoms with Gasteiger partial charge in [0.2, 0.25) is 0 Å². The van der Waals surface area contributed by atoms with Crippen molar-refractivity contribution < 1.29 is 19.2 Å². The van der Waals surface area contributed by atoms with Crippen molar-refractivity contribution in [3.8, 4) is 107 Å². The van der Waals surface area contributed by atoms with Gasteiger partial charge < -0.3 is 29.0 Å². The maximum absolute atomic E-state index is 9.03. The Kier molecular flexibility index (Phi) is 23.7. The van der Waals surface area contributed by atoms with E-state index in [-0.39, 0.29) is 10.8 Å². The zero-order valence-electron chi connectivity index (χ0n) is 78.3. The first-order valence-corrected chi connectivity index (χ1v) is 48.5. The fourth-order valence-electron chi connectivity index (χ4n) is 21.8. The Balaban J connectivity index is 0.000000132. The Morgan fingerprint density at radius 1 is 0.236 bits per heavy atom. The lowest BCUT2D eigenvalue weighted by Crippen LogP contribution is -2.28. The van der Waals surface area contributed by atoms with E-state index in [1.54, 1.807) is 0 Å². The molecule has 0 saturated carbocycles. The van der Waals surface area contributed by atoms with E-state index < -0.39 is 10.8 Å². The van der Waals surface area contributed by atoms with Gasteiger partial charge >= 0.3 is 7.69 Å². The smallest absolute Gasteiger partial charge is 0.537 e. The Hall–Kier alpha value is -16.6. The number of anilines is 6. The van der Waals surface area contributed by atoms with Crippen LogP contribution in [0.1, 0.15) is 106 Å². The highest BCUT2D eigenvalue weighted by Crippen LogP contribution is 2.61. The Labute approximate surface area is 829 Å². The number of halogens is 1. The molecule has 0 saturated heterocycles. The van der Waals surface area contributed by atoms with Crippen molar-refractivity contribution in [3.63, 3.8) is 0 Å². The highest BCUT2D eigenvalue weighted by molar-refractivity contribution is 9.10. The Morgan fingerprint density at radius 3 is 0.879 bits per heavy atom. The molecule has 0 aromatic heterocycles. The van der Waals surface area contributed by atoms with Crippen LogP contribution in [-0.4, -0.2) is 12.7 Å². The summed E-state index contributed by atoms with van der Waals surface area (Å²) in [5.74, 6) is 3.78. The first-order valence-electron chi connectivity index (χ1n) is 47.7. The highest BCUT2D eigenvalue weighted by atomic mass is 79.9. The van der Waals surface area contributed by atoms with E-state index in [0.29, 0.717) is 13.4 Å². The summed E-state index contributed by atoms with van der Waals surface area (Å²) in [6.07, 6.45) is 3.67. The van der Waals surface area contributed by atoms with Crippen molar-refractivity contribution in [1.82, 2.24) is 0 Å². The molecule has 0 aliphatic heterocycles. The van der Waals surface area contributed by atoms with Gasteiger partial charge in [-0.2, -0.15) is 0 Å². The number of hydrogen-bond donors (Lipinski definition) is 1. The van der Waals surface area contributed by atoms with E-state index >= 15 is 0 Å². The van der Waals surface area contributed by atoms with E-state index in [9.17, 15) is 0 Å². The molecule has 0 heterocycles. The largest absolute Gasteiger partial charge is 0.569 e. The minimum atomic E-state index is -0.559. The Morgan fingerprint density at radius 2 is 0.500 bits per heavy atom. The average Bonchev–Trinajstić information content (AvgIpc) is 1.54. The summed E-state index contributed by atoms with van der Waals surface area (Å²) in [5.41, 5.74) is 40.3. The third-order valence-corrected chi connectivity index (χ3v) is 29.1. The van der Waals surface area contributed by atoms with Crippen LogP contribution in [0.15, 0.2) is 503 Å². The van der Waals surface area contributed by atoms with Crippen molar-refractivity contribution >= 4 is 69.9 Å². The minimum Gasteiger partial charge on any atom is -0.537 e. The zero-order chi connectivity index (χ0) is 95.1. The number of ether oxygens (including phenoxy) is 2. The minimum absolute atomic E-state index is 0.0839. The van der Waals surface area contributed by atoms with Crippen LogP contribution in [0.25, 0.3) is 90.0 Å². The van der Waals surface area contributed by atoms with E-state index in [0.717, 1.165) is 78.3 Å². The second kappa shape index (κ2) is 37.5. The molecule has 2 unspecified atom stereocenters. The van der Waals surface area contributed by atoms with Gasteiger partial charge in [-0.05, 0) is 307 Å². The predicted octanol–water partition coefficient (Wildman–Crippen LogP) is 34.9. The Bertz CT molecular complexity index is 7980. The normalized spacial score (nSPS) is 14.6. The van der Waals surface area contributed by atoms with Crippen LogP contribution in [0.2, 0.25) is 0 Å². The summed E-state index contributed by atoms with van der Waals surface area (Å²) >= 11 is 3.74. The van der Waals surface area contributed by atoms with Gasteiger partial charge in [0.1, 0.15) is 28.7 Å². The zero-order valence-corrected chi connectivity index (χ0v) is 79.9. The molecule has 1 N–H and O–H groups in total. The molecule has 0 fully saturated rings. The number of rotatable bonds is 21. The molecule has 0 amide bonds. The van der Waals surface area contributed by atoms with Crippen LogP contribution in [0.3, 0.4) is 0 Å². The molecule has 8 heteroatoms. The fraction of sp³-hybridized carbons (Fsp3) is 0.0606. The van der Waals surface area contributed by atoms with Crippen LogP contribution in [-0.2, 0) is 21.7 Å². The monoisotopic (exact) mass is 1870 g/mol. The number of nitrogens with zero attached hydrogens (tertiary/aromatic N) is 2. The lowest BCUT2D eigenvalue weighted by Gasteiger charge is -2.34. The second-order valence-electron chi connectivity index (χ2n) is 37.1. The fourth-order valence-corrected chi connectivity index (χ4v) is 22.1. The van der Waals surface area contributed by atoms with Crippen molar-refractivity contribution in [2.75, 3.05) is 9.80 Å². The van der Waals surface area contributed by atoms with Crippen molar-refractivity contribution in [1.29, 1.82) is 0 Å². The van der Waals surface area contributed by atoms with E-state index in [1.807, 2.05) is 91.0 Å². The van der Waals surface area contributed by atoms with Crippen LogP contribution in [0.5, 0.6) is 28.7 Å². The predicted molar refractivity (Wildman–Crippen MR) is 584 cm³/mol. The van der Waals surface area contributed by atoms with E-state index in [4.69, 9.17) is 19.2 Å². The van der Waals surface area contributed by atoms with Gasteiger partial charge in [0.05, 0.1) is 10.8 Å². The molecule has 20 aromatic rings. The molecule has 24 rings (SSSR count). The standard InChI is InChI=1S/C66H49NO.C33H27BNO2.C33H23BrO/c1-4-45-23-37-55(38-24-45)68-56-39-30-51(31-40-56)66(50-17-9-6-10-18-50)62-22-14-12-20-58(62)60-41-29-49(43-64(60)66)48-27-34-53(35-28-48)67(52-32-25-47(26-33-52)46-15-7-5-8-16-46)54-36-42-59-57-19-11-13-21-61(57)65(2,3)63(59)44-54;1-33(2)31-11-7-6-10-29(31)30-21-18-27(22-32(30)33)35(26-16-19-28(20-17-26)37-34-36)25-14-12-24(13-15-25)23-8-4-3-5-9-23;1-2-23-12-17-27(18-13-23)35-28-19-14-25(15-20-28)33(24-8-4-3-5-9-24)31-11-7-6-10-29(31)30-21-16-26(34)22-32(30)33/h4-44H,1H2,2-3H3;3-22,36H,1-2H3;2-22H,1H2. The van der Waals surface area contributed by atoms with Crippen molar-refractivity contribution in [2.45, 2.75) is 49.4 Å². The van der Waals surface area contributed by atoms with Crippen LogP contribution in [0.4, 0.5) is 34.1 Å².